The Bertz CT molecular complexity index is 610. The van der Waals surface area contributed by atoms with Gasteiger partial charge in [0.15, 0.2) is 0 Å². The van der Waals surface area contributed by atoms with Crippen molar-refractivity contribution in [1.29, 1.82) is 0 Å². The molecule has 0 aromatic carbocycles. The Morgan fingerprint density at radius 2 is 2.08 bits per heavy atom. The number of nitrogens with two attached hydrogens (primary N) is 1. The Hall–Kier alpha value is -1.63. The molecule has 0 spiro atoms. The van der Waals surface area contributed by atoms with E-state index in [4.69, 9.17) is 10.5 Å². The van der Waals surface area contributed by atoms with Crippen LogP contribution >= 0.6 is 15.9 Å². The highest BCUT2D eigenvalue weighted by Crippen LogP contribution is 2.27. The predicted molar refractivity (Wildman–Crippen MR) is 107 cm³/mol. The third-order valence-corrected chi connectivity index (χ3v) is 5.42. The van der Waals surface area contributed by atoms with Gasteiger partial charge >= 0.3 is 6.03 Å². The lowest BCUT2D eigenvalue weighted by molar-refractivity contribution is 0.149. The number of likely N-dealkylation sites (tertiary alicyclic amines) is 1. The number of amides is 2. The van der Waals surface area contributed by atoms with Crippen LogP contribution < -0.4 is 10.5 Å². The SMILES string of the molecule is CC(C)C(N)=NC(=O)N1CCC(C(C)CCOc2ccc(Br)cn2)CC1. The van der Waals surface area contributed by atoms with Gasteiger partial charge in [-0.3, -0.25) is 0 Å². The molecule has 0 radical (unpaired) electrons. The number of urea groups is 1. The first-order valence-electron chi connectivity index (χ1n) is 9.24. The Balaban J connectivity index is 1.72. The smallest absolute Gasteiger partial charge is 0.345 e. The lowest BCUT2D eigenvalue weighted by Gasteiger charge is -2.34. The van der Waals surface area contributed by atoms with Crippen LogP contribution in [0.15, 0.2) is 27.8 Å². The molecule has 2 heterocycles. The number of rotatable bonds is 6. The molecular formula is C19H29BrN4O2. The molecule has 0 saturated carbocycles. The number of ether oxygens (including phenoxy) is 1. The second-order valence-electron chi connectivity index (χ2n) is 7.23. The number of piperidine rings is 1. The minimum atomic E-state index is -0.202. The number of hydrogen-bond acceptors (Lipinski definition) is 3. The maximum absolute atomic E-state index is 12.2. The molecule has 1 aliphatic rings. The lowest BCUT2D eigenvalue weighted by atomic mass is 9.84. The molecule has 2 amide bonds. The average Bonchev–Trinajstić information content (AvgIpc) is 2.63. The molecular weight excluding hydrogens is 396 g/mol. The number of carbonyl (C=O) groups excluding carboxylic acids is 1. The van der Waals surface area contributed by atoms with Crippen LogP contribution in [-0.4, -0.2) is 41.4 Å². The van der Waals surface area contributed by atoms with E-state index in [0.29, 0.717) is 30.2 Å². The van der Waals surface area contributed by atoms with E-state index in [1.807, 2.05) is 26.0 Å². The summed E-state index contributed by atoms with van der Waals surface area (Å²) >= 11 is 3.36. The Labute approximate surface area is 164 Å². The summed E-state index contributed by atoms with van der Waals surface area (Å²) in [5.74, 6) is 2.31. The Kier molecular flexibility index (Phi) is 7.87. The molecule has 144 valence electrons. The molecule has 1 fully saturated rings. The molecule has 6 nitrogen and oxygen atoms in total. The van der Waals surface area contributed by atoms with Crippen molar-refractivity contribution in [2.24, 2.45) is 28.5 Å². The van der Waals surface area contributed by atoms with E-state index in [2.05, 4.69) is 32.8 Å². The number of halogens is 1. The molecule has 1 atom stereocenters. The van der Waals surface area contributed by atoms with E-state index in [1.54, 1.807) is 11.1 Å². The molecule has 0 aliphatic carbocycles. The second kappa shape index (κ2) is 9.90. The number of aromatic nitrogens is 1. The molecule has 1 aromatic heterocycles. The number of amidine groups is 1. The van der Waals surface area contributed by atoms with Gasteiger partial charge in [0.2, 0.25) is 5.88 Å². The fourth-order valence-electron chi connectivity index (χ4n) is 3.00. The number of nitrogens with zero attached hydrogens (tertiary/aromatic N) is 3. The van der Waals surface area contributed by atoms with Gasteiger partial charge in [-0.1, -0.05) is 20.8 Å². The fraction of sp³-hybridized carbons (Fsp3) is 0.632. The maximum Gasteiger partial charge on any atom is 0.345 e. The summed E-state index contributed by atoms with van der Waals surface area (Å²) in [6, 6.07) is 3.59. The van der Waals surface area contributed by atoms with Crippen molar-refractivity contribution in [3.8, 4) is 5.88 Å². The highest BCUT2D eigenvalue weighted by atomic mass is 79.9. The van der Waals surface area contributed by atoms with E-state index >= 15 is 0 Å². The van der Waals surface area contributed by atoms with E-state index in [0.717, 1.165) is 36.8 Å². The summed E-state index contributed by atoms with van der Waals surface area (Å²) in [5, 5.41) is 0. The van der Waals surface area contributed by atoms with Crippen molar-refractivity contribution in [2.75, 3.05) is 19.7 Å². The van der Waals surface area contributed by atoms with Crippen molar-refractivity contribution in [3.63, 3.8) is 0 Å². The van der Waals surface area contributed by atoms with Gasteiger partial charge in [0.05, 0.1) is 6.61 Å². The summed E-state index contributed by atoms with van der Waals surface area (Å²) in [6.45, 7) is 8.28. The van der Waals surface area contributed by atoms with Gasteiger partial charge in [-0.2, -0.15) is 4.99 Å². The van der Waals surface area contributed by atoms with Crippen molar-refractivity contribution < 1.29 is 9.53 Å². The van der Waals surface area contributed by atoms with Gasteiger partial charge in [0, 0.05) is 35.7 Å². The number of pyridine rings is 1. The second-order valence-corrected chi connectivity index (χ2v) is 8.14. The zero-order valence-electron chi connectivity index (χ0n) is 15.8. The molecule has 26 heavy (non-hydrogen) atoms. The zero-order chi connectivity index (χ0) is 19.1. The molecule has 1 unspecified atom stereocenters. The minimum Gasteiger partial charge on any atom is -0.478 e. The third kappa shape index (κ3) is 6.27. The van der Waals surface area contributed by atoms with Crippen LogP contribution in [0.1, 0.15) is 40.0 Å². The van der Waals surface area contributed by atoms with Crippen molar-refractivity contribution in [3.05, 3.63) is 22.8 Å². The van der Waals surface area contributed by atoms with Gasteiger partial charge in [0.25, 0.3) is 0 Å². The minimum absolute atomic E-state index is 0.0942. The first-order valence-corrected chi connectivity index (χ1v) is 10.0. The van der Waals surface area contributed by atoms with Gasteiger partial charge < -0.3 is 15.4 Å². The quantitative estimate of drug-likeness (QED) is 0.550. The first-order chi connectivity index (χ1) is 12.4. The topological polar surface area (TPSA) is 80.8 Å². The number of hydrogen-bond donors (Lipinski definition) is 1. The Morgan fingerprint density at radius 3 is 2.65 bits per heavy atom. The van der Waals surface area contributed by atoms with Crippen molar-refractivity contribution in [1.82, 2.24) is 9.88 Å². The number of carbonyl (C=O) groups is 1. The van der Waals surface area contributed by atoms with Crippen LogP contribution in [0.25, 0.3) is 0 Å². The monoisotopic (exact) mass is 424 g/mol. The van der Waals surface area contributed by atoms with Crippen LogP contribution in [0.5, 0.6) is 5.88 Å². The summed E-state index contributed by atoms with van der Waals surface area (Å²) in [4.78, 5) is 22.2. The van der Waals surface area contributed by atoms with Crippen LogP contribution in [0, 0.1) is 17.8 Å². The molecule has 7 heteroatoms. The molecule has 2 rings (SSSR count). The summed E-state index contributed by atoms with van der Waals surface area (Å²) in [5.41, 5.74) is 5.79. The summed E-state index contributed by atoms with van der Waals surface area (Å²) < 4.78 is 6.66. The zero-order valence-corrected chi connectivity index (χ0v) is 17.4. The lowest BCUT2D eigenvalue weighted by Crippen LogP contribution is -2.39. The third-order valence-electron chi connectivity index (χ3n) is 4.95. The van der Waals surface area contributed by atoms with E-state index < -0.39 is 0 Å². The van der Waals surface area contributed by atoms with Crippen LogP contribution in [0.4, 0.5) is 4.79 Å². The molecule has 1 aliphatic heterocycles. The van der Waals surface area contributed by atoms with Crippen LogP contribution in [0.3, 0.4) is 0 Å². The van der Waals surface area contributed by atoms with Crippen molar-refractivity contribution in [2.45, 2.75) is 40.0 Å². The average molecular weight is 425 g/mol. The molecule has 2 N–H and O–H groups in total. The van der Waals surface area contributed by atoms with Crippen molar-refractivity contribution >= 4 is 27.8 Å². The summed E-state index contributed by atoms with van der Waals surface area (Å²) in [7, 11) is 0. The normalized spacial score (nSPS) is 17.4. The van der Waals surface area contributed by atoms with E-state index in [-0.39, 0.29) is 11.9 Å². The maximum atomic E-state index is 12.2. The first kappa shape index (κ1) is 20.7. The Morgan fingerprint density at radius 1 is 1.38 bits per heavy atom. The van der Waals surface area contributed by atoms with Gasteiger partial charge in [0.1, 0.15) is 5.84 Å². The number of aliphatic imine (C=N–C) groups is 1. The van der Waals surface area contributed by atoms with Gasteiger partial charge in [-0.15, -0.1) is 0 Å². The molecule has 1 saturated heterocycles. The predicted octanol–water partition coefficient (Wildman–Crippen LogP) is 4.09. The highest BCUT2D eigenvalue weighted by Gasteiger charge is 2.26. The van der Waals surface area contributed by atoms with Gasteiger partial charge in [-0.25, -0.2) is 9.78 Å². The van der Waals surface area contributed by atoms with E-state index in [9.17, 15) is 4.79 Å². The molecule has 1 aromatic rings. The van der Waals surface area contributed by atoms with E-state index in [1.165, 1.54) is 0 Å². The largest absolute Gasteiger partial charge is 0.478 e. The van der Waals surface area contributed by atoms with Crippen LogP contribution in [0.2, 0.25) is 0 Å². The standard InChI is InChI=1S/C19H29BrN4O2/c1-13(2)18(21)23-19(25)24-9-6-15(7-10-24)14(3)8-11-26-17-5-4-16(20)12-22-17/h4-5,12-15H,6-11H2,1-3H3,(H2,21,23,25). The molecule has 0 bridgehead atoms. The fourth-order valence-corrected chi connectivity index (χ4v) is 3.24. The van der Waals surface area contributed by atoms with Gasteiger partial charge in [-0.05, 0) is 53.1 Å². The summed E-state index contributed by atoms with van der Waals surface area (Å²) in [6.07, 6.45) is 4.72. The highest BCUT2D eigenvalue weighted by molar-refractivity contribution is 9.10. The van der Waals surface area contributed by atoms with Crippen LogP contribution in [-0.2, 0) is 0 Å².